The SMILES string of the molecule is Cc1ccc(S(=O)(=O)N2CCN(C(=O)N3CCOCC3)C2C)cc1. The molecule has 7 nitrogen and oxygen atoms in total. The van der Waals surface area contributed by atoms with Crippen molar-refractivity contribution in [1.82, 2.24) is 14.1 Å². The second-order valence-corrected chi connectivity index (χ2v) is 8.03. The summed E-state index contributed by atoms with van der Waals surface area (Å²) in [6.45, 7) is 6.54. The van der Waals surface area contributed by atoms with E-state index in [9.17, 15) is 13.2 Å². The molecule has 132 valence electrons. The van der Waals surface area contributed by atoms with E-state index in [-0.39, 0.29) is 10.9 Å². The molecule has 1 aromatic rings. The van der Waals surface area contributed by atoms with Crippen molar-refractivity contribution in [3.63, 3.8) is 0 Å². The topological polar surface area (TPSA) is 70.2 Å². The number of urea groups is 1. The predicted octanol–water partition coefficient (Wildman–Crippen LogP) is 1.10. The van der Waals surface area contributed by atoms with Crippen LogP contribution in [0.25, 0.3) is 0 Å². The monoisotopic (exact) mass is 353 g/mol. The number of hydrogen-bond acceptors (Lipinski definition) is 4. The van der Waals surface area contributed by atoms with Crippen molar-refractivity contribution >= 4 is 16.1 Å². The number of aryl methyl sites for hydroxylation is 1. The largest absolute Gasteiger partial charge is 0.378 e. The molecule has 1 atom stereocenters. The number of benzene rings is 1. The van der Waals surface area contributed by atoms with E-state index < -0.39 is 16.2 Å². The number of carbonyl (C=O) groups is 1. The molecule has 2 saturated heterocycles. The van der Waals surface area contributed by atoms with Crippen LogP contribution in [0.5, 0.6) is 0 Å². The van der Waals surface area contributed by atoms with Crippen LogP contribution in [0, 0.1) is 6.92 Å². The van der Waals surface area contributed by atoms with E-state index in [4.69, 9.17) is 4.74 Å². The van der Waals surface area contributed by atoms with Gasteiger partial charge in [-0.3, -0.25) is 0 Å². The van der Waals surface area contributed by atoms with Gasteiger partial charge in [-0.25, -0.2) is 13.2 Å². The zero-order valence-corrected chi connectivity index (χ0v) is 14.8. The second-order valence-electron chi connectivity index (χ2n) is 6.14. The van der Waals surface area contributed by atoms with Gasteiger partial charge in [0.15, 0.2) is 0 Å². The molecule has 8 heteroatoms. The van der Waals surface area contributed by atoms with Gasteiger partial charge in [-0.2, -0.15) is 4.31 Å². The van der Waals surface area contributed by atoms with Crippen LogP contribution in [0.2, 0.25) is 0 Å². The molecule has 2 aliphatic rings. The van der Waals surface area contributed by atoms with Gasteiger partial charge in [0.25, 0.3) is 0 Å². The average Bonchev–Trinajstić information content (AvgIpc) is 2.97. The zero-order chi connectivity index (χ0) is 17.3. The number of carbonyl (C=O) groups excluding carboxylic acids is 1. The summed E-state index contributed by atoms with van der Waals surface area (Å²) in [7, 11) is -3.61. The molecular weight excluding hydrogens is 330 g/mol. The Bertz CT molecular complexity index is 699. The molecular formula is C16H23N3O4S. The summed E-state index contributed by atoms with van der Waals surface area (Å²) in [6, 6.07) is 6.68. The van der Waals surface area contributed by atoms with E-state index in [1.54, 1.807) is 41.0 Å². The molecule has 2 fully saturated rings. The van der Waals surface area contributed by atoms with Crippen LogP contribution in [-0.4, -0.2) is 74.1 Å². The van der Waals surface area contributed by atoms with Gasteiger partial charge >= 0.3 is 6.03 Å². The Hall–Kier alpha value is -1.64. The third-order valence-corrected chi connectivity index (χ3v) is 6.56. The molecule has 1 aromatic carbocycles. The summed E-state index contributed by atoms with van der Waals surface area (Å²) in [5.41, 5.74) is 1.01. The van der Waals surface area contributed by atoms with E-state index in [0.717, 1.165) is 5.56 Å². The fourth-order valence-electron chi connectivity index (χ4n) is 3.09. The van der Waals surface area contributed by atoms with Crippen LogP contribution in [0.4, 0.5) is 4.79 Å². The highest BCUT2D eigenvalue weighted by molar-refractivity contribution is 7.89. The molecule has 0 radical (unpaired) electrons. The molecule has 2 aliphatic heterocycles. The number of amides is 2. The fraction of sp³-hybridized carbons (Fsp3) is 0.562. The minimum absolute atomic E-state index is 0.118. The molecule has 0 spiro atoms. The normalized spacial score (nSPS) is 22.8. The van der Waals surface area contributed by atoms with Gasteiger partial charge in [0.2, 0.25) is 10.0 Å². The smallest absolute Gasteiger partial charge is 0.321 e. The van der Waals surface area contributed by atoms with Crippen molar-refractivity contribution in [1.29, 1.82) is 0 Å². The summed E-state index contributed by atoms with van der Waals surface area (Å²) >= 11 is 0. The Kier molecular flexibility index (Phi) is 4.80. The number of nitrogens with zero attached hydrogens (tertiary/aromatic N) is 3. The lowest BCUT2D eigenvalue weighted by Gasteiger charge is -2.33. The first-order valence-corrected chi connectivity index (χ1v) is 9.57. The van der Waals surface area contributed by atoms with E-state index >= 15 is 0 Å². The quantitative estimate of drug-likeness (QED) is 0.798. The first-order valence-electron chi connectivity index (χ1n) is 8.13. The standard InChI is InChI=1S/C16H23N3O4S/c1-13-3-5-15(6-4-13)24(21,22)19-8-7-18(14(19)2)16(20)17-9-11-23-12-10-17/h3-6,14H,7-12H2,1-2H3. The van der Waals surface area contributed by atoms with Crippen molar-refractivity contribution in [2.24, 2.45) is 0 Å². The lowest BCUT2D eigenvalue weighted by atomic mass is 10.2. The zero-order valence-electron chi connectivity index (χ0n) is 14.0. The number of ether oxygens (including phenoxy) is 1. The number of sulfonamides is 1. The van der Waals surface area contributed by atoms with E-state index in [1.807, 2.05) is 6.92 Å². The fourth-order valence-corrected chi connectivity index (χ4v) is 4.68. The molecule has 2 heterocycles. The van der Waals surface area contributed by atoms with E-state index in [2.05, 4.69) is 0 Å². The summed E-state index contributed by atoms with van der Waals surface area (Å²) in [4.78, 5) is 16.3. The van der Waals surface area contributed by atoms with Crippen molar-refractivity contribution in [2.75, 3.05) is 39.4 Å². The third-order valence-electron chi connectivity index (χ3n) is 4.58. The number of rotatable bonds is 2. The van der Waals surface area contributed by atoms with Crippen molar-refractivity contribution in [2.45, 2.75) is 24.9 Å². The maximum atomic E-state index is 12.9. The van der Waals surface area contributed by atoms with Gasteiger partial charge in [-0.1, -0.05) is 17.7 Å². The highest BCUT2D eigenvalue weighted by atomic mass is 32.2. The summed E-state index contributed by atoms with van der Waals surface area (Å²) in [5.74, 6) is 0. The van der Waals surface area contributed by atoms with Crippen molar-refractivity contribution in [3.05, 3.63) is 29.8 Å². The van der Waals surface area contributed by atoms with Gasteiger partial charge in [-0.15, -0.1) is 0 Å². The van der Waals surface area contributed by atoms with Crippen LogP contribution in [0.3, 0.4) is 0 Å². The highest BCUT2D eigenvalue weighted by Gasteiger charge is 2.41. The Morgan fingerprint density at radius 3 is 2.33 bits per heavy atom. The summed E-state index contributed by atoms with van der Waals surface area (Å²) in [5, 5.41) is 0. The maximum absolute atomic E-state index is 12.9. The molecule has 0 aromatic heterocycles. The lowest BCUT2D eigenvalue weighted by Crippen LogP contribution is -2.51. The molecule has 0 aliphatic carbocycles. The first kappa shape index (κ1) is 17.2. The Morgan fingerprint density at radius 1 is 1.08 bits per heavy atom. The molecule has 0 bridgehead atoms. The van der Waals surface area contributed by atoms with Gasteiger partial charge in [-0.05, 0) is 26.0 Å². The van der Waals surface area contributed by atoms with Crippen molar-refractivity contribution < 1.29 is 17.9 Å². The molecule has 3 rings (SSSR count). The minimum Gasteiger partial charge on any atom is -0.378 e. The molecule has 2 amide bonds. The van der Waals surface area contributed by atoms with Gasteiger partial charge in [0, 0.05) is 26.2 Å². The molecule has 0 saturated carbocycles. The van der Waals surface area contributed by atoms with Crippen LogP contribution < -0.4 is 0 Å². The van der Waals surface area contributed by atoms with Crippen LogP contribution in [0.1, 0.15) is 12.5 Å². The minimum atomic E-state index is -3.61. The summed E-state index contributed by atoms with van der Waals surface area (Å²) in [6.07, 6.45) is -0.494. The number of hydrogen-bond donors (Lipinski definition) is 0. The van der Waals surface area contributed by atoms with Crippen LogP contribution in [0.15, 0.2) is 29.2 Å². The third kappa shape index (κ3) is 3.13. The van der Waals surface area contributed by atoms with E-state index in [1.165, 1.54) is 4.31 Å². The Morgan fingerprint density at radius 2 is 1.71 bits per heavy atom. The lowest BCUT2D eigenvalue weighted by molar-refractivity contribution is 0.0410. The molecule has 24 heavy (non-hydrogen) atoms. The van der Waals surface area contributed by atoms with Gasteiger partial charge in [0.1, 0.15) is 0 Å². The molecule has 0 N–H and O–H groups in total. The predicted molar refractivity (Wildman–Crippen MR) is 89.0 cm³/mol. The maximum Gasteiger partial charge on any atom is 0.321 e. The summed E-state index contributed by atoms with van der Waals surface area (Å²) < 4.78 is 32.4. The van der Waals surface area contributed by atoms with Crippen molar-refractivity contribution in [3.8, 4) is 0 Å². The highest BCUT2D eigenvalue weighted by Crippen LogP contribution is 2.25. The van der Waals surface area contributed by atoms with Crippen LogP contribution >= 0.6 is 0 Å². The van der Waals surface area contributed by atoms with Gasteiger partial charge < -0.3 is 14.5 Å². The number of morpholine rings is 1. The average molecular weight is 353 g/mol. The second kappa shape index (κ2) is 6.70. The van der Waals surface area contributed by atoms with E-state index in [0.29, 0.717) is 39.4 Å². The first-order chi connectivity index (χ1) is 11.4. The van der Waals surface area contributed by atoms with Crippen LogP contribution in [-0.2, 0) is 14.8 Å². The molecule has 1 unspecified atom stereocenters. The Labute approximate surface area is 142 Å². The Balaban J connectivity index is 1.76. The van der Waals surface area contributed by atoms with Gasteiger partial charge in [0.05, 0.1) is 24.3 Å².